The molecule has 1 N–H and O–H groups in total. The normalized spacial score (nSPS) is 20.1. The molecule has 0 spiro atoms. The van der Waals surface area contributed by atoms with E-state index in [0.717, 1.165) is 19.4 Å². The predicted molar refractivity (Wildman–Crippen MR) is 71.7 cm³/mol. The number of ether oxygens (including phenoxy) is 2. The Hall–Kier alpha value is -0.330. The molecule has 0 unspecified atom stereocenters. The van der Waals surface area contributed by atoms with Gasteiger partial charge in [-0.1, -0.05) is 0 Å². The van der Waals surface area contributed by atoms with E-state index < -0.39 is 12.8 Å². The van der Waals surface area contributed by atoms with E-state index in [1.807, 2.05) is 0 Å². The van der Waals surface area contributed by atoms with E-state index in [0.29, 0.717) is 19.6 Å². The van der Waals surface area contributed by atoms with Crippen LogP contribution >= 0.6 is 0 Å². The summed E-state index contributed by atoms with van der Waals surface area (Å²) in [5.74, 6) is 0. The molecule has 0 atom stereocenters. The highest BCUT2D eigenvalue weighted by Crippen LogP contribution is 2.34. The largest absolute Gasteiger partial charge is 0.411 e. The van der Waals surface area contributed by atoms with E-state index in [4.69, 9.17) is 9.47 Å². The third-order valence-corrected chi connectivity index (χ3v) is 3.59. The summed E-state index contributed by atoms with van der Waals surface area (Å²) >= 11 is 0. The highest BCUT2D eigenvalue weighted by Gasteiger charge is 2.34. The Morgan fingerprint density at radius 2 is 1.75 bits per heavy atom. The van der Waals surface area contributed by atoms with Crippen molar-refractivity contribution in [2.45, 2.75) is 51.7 Å². The van der Waals surface area contributed by atoms with Crippen LogP contribution in [0.5, 0.6) is 0 Å². The second-order valence-corrected chi connectivity index (χ2v) is 6.63. The molecular weight excluding hydrogens is 271 g/mol. The van der Waals surface area contributed by atoms with Gasteiger partial charge in [-0.25, -0.2) is 0 Å². The third kappa shape index (κ3) is 7.45. The molecule has 20 heavy (non-hydrogen) atoms. The van der Waals surface area contributed by atoms with Crippen molar-refractivity contribution in [3.63, 3.8) is 0 Å². The van der Waals surface area contributed by atoms with E-state index in [-0.39, 0.29) is 17.6 Å². The summed E-state index contributed by atoms with van der Waals surface area (Å²) in [6, 6.07) is 0. The molecule has 1 saturated heterocycles. The fourth-order valence-corrected chi connectivity index (χ4v) is 2.25. The molecule has 1 aliphatic heterocycles. The lowest BCUT2D eigenvalue weighted by atomic mass is 9.77. The van der Waals surface area contributed by atoms with Gasteiger partial charge in [-0.05, 0) is 45.4 Å². The van der Waals surface area contributed by atoms with Crippen LogP contribution in [0, 0.1) is 5.41 Å². The van der Waals surface area contributed by atoms with Crippen LogP contribution in [-0.4, -0.2) is 44.7 Å². The molecule has 0 aromatic heterocycles. The lowest BCUT2D eigenvalue weighted by Crippen LogP contribution is -2.46. The molecular formula is C14H26F3NO2. The molecule has 1 fully saturated rings. The van der Waals surface area contributed by atoms with Crippen LogP contribution in [0.4, 0.5) is 13.2 Å². The minimum Gasteiger partial charge on any atom is -0.381 e. The van der Waals surface area contributed by atoms with Gasteiger partial charge in [-0.2, -0.15) is 13.2 Å². The molecule has 0 aromatic rings. The SMILES string of the molecule is CC(C)(C)NCC1(CCOCC(F)(F)F)CCOCC1. The fourth-order valence-electron chi connectivity index (χ4n) is 2.25. The van der Waals surface area contributed by atoms with Gasteiger partial charge in [0.25, 0.3) is 0 Å². The van der Waals surface area contributed by atoms with E-state index in [2.05, 4.69) is 26.1 Å². The molecule has 0 aromatic carbocycles. The first-order chi connectivity index (χ1) is 9.12. The van der Waals surface area contributed by atoms with Crippen LogP contribution in [0.25, 0.3) is 0 Å². The summed E-state index contributed by atoms with van der Waals surface area (Å²) in [4.78, 5) is 0. The van der Waals surface area contributed by atoms with E-state index in [1.54, 1.807) is 0 Å². The van der Waals surface area contributed by atoms with Gasteiger partial charge < -0.3 is 14.8 Å². The van der Waals surface area contributed by atoms with Crippen molar-refractivity contribution in [3.8, 4) is 0 Å². The summed E-state index contributed by atoms with van der Waals surface area (Å²) in [6.07, 6.45) is -1.88. The zero-order valence-corrected chi connectivity index (χ0v) is 12.6. The van der Waals surface area contributed by atoms with Crippen LogP contribution in [0.3, 0.4) is 0 Å². The standard InChI is InChI=1S/C14H26F3NO2/c1-12(2,3)18-10-13(4-7-19-8-5-13)6-9-20-11-14(15,16)17/h18H,4-11H2,1-3H3. The summed E-state index contributed by atoms with van der Waals surface area (Å²) < 4.78 is 46.3. The predicted octanol–water partition coefficient (Wildman–Crippen LogP) is 3.14. The first-order valence-corrected chi connectivity index (χ1v) is 7.09. The Kier molecular flexibility index (Phi) is 6.28. The number of hydrogen-bond donors (Lipinski definition) is 1. The van der Waals surface area contributed by atoms with Gasteiger partial charge in [0.2, 0.25) is 0 Å². The van der Waals surface area contributed by atoms with Crippen LogP contribution in [0.1, 0.15) is 40.0 Å². The van der Waals surface area contributed by atoms with Crippen molar-refractivity contribution in [2.75, 3.05) is 33.0 Å². The van der Waals surface area contributed by atoms with Crippen molar-refractivity contribution in [3.05, 3.63) is 0 Å². The van der Waals surface area contributed by atoms with Crippen molar-refractivity contribution in [2.24, 2.45) is 5.41 Å². The van der Waals surface area contributed by atoms with Crippen molar-refractivity contribution in [1.29, 1.82) is 0 Å². The molecule has 3 nitrogen and oxygen atoms in total. The molecule has 1 aliphatic rings. The summed E-state index contributed by atoms with van der Waals surface area (Å²) in [6.45, 7) is 7.36. The first kappa shape index (κ1) is 17.7. The maximum Gasteiger partial charge on any atom is 0.411 e. The molecule has 0 saturated carbocycles. The molecule has 0 bridgehead atoms. The molecule has 1 rings (SSSR count). The highest BCUT2D eigenvalue weighted by molar-refractivity contribution is 4.86. The summed E-state index contributed by atoms with van der Waals surface area (Å²) in [5, 5.41) is 3.46. The second-order valence-electron chi connectivity index (χ2n) is 6.63. The van der Waals surface area contributed by atoms with Crippen molar-refractivity contribution in [1.82, 2.24) is 5.32 Å². The summed E-state index contributed by atoms with van der Waals surface area (Å²) in [5.41, 5.74) is -0.0186. The third-order valence-electron chi connectivity index (χ3n) is 3.59. The van der Waals surface area contributed by atoms with Gasteiger partial charge in [0, 0.05) is 31.9 Å². The smallest absolute Gasteiger partial charge is 0.381 e. The quantitative estimate of drug-likeness (QED) is 0.764. The molecule has 0 radical (unpaired) electrons. The number of hydrogen-bond acceptors (Lipinski definition) is 3. The van der Waals surface area contributed by atoms with Crippen LogP contribution in [0.2, 0.25) is 0 Å². The zero-order valence-electron chi connectivity index (χ0n) is 12.6. The molecule has 120 valence electrons. The Morgan fingerprint density at radius 3 is 2.25 bits per heavy atom. The number of nitrogens with one attached hydrogen (secondary N) is 1. The Bertz CT molecular complexity index is 281. The monoisotopic (exact) mass is 297 g/mol. The van der Waals surface area contributed by atoms with Gasteiger partial charge in [0.05, 0.1) is 0 Å². The fraction of sp³-hybridized carbons (Fsp3) is 1.00. The Morgan fingerprint density at radius 1 is 1.15 bits per heavy atom. The van der Waals surface area contributed by atoms with Gasteiger partial charge in [0.15, 0.2) is 0 Å². The molecule has 1 heterocycles. The van der Waals surface area contributed by atoms with Gasteiger partial charge in [-0.15, -0.1) is 0 Å². The molecule has 0 aliphatic carbocycles. The highest BCUT2D eigenvalue weighted by atomic mass is 19.4. The second kappa shape index (κ2) is 7.09. The van der Waals surface area contributed by atoms with Gasteiger partial charge in [0.1, 0.15) is 6.61 Å². The Balaban J connectivity index is 2.43. The van der Waals surface area contributed by atoms with Crippen LogP contribution in [-0.2, 0) is 9.47 Å². The van der Waals surface area contributed by atoms with E-state index in [1.165, 1.54) is 0 Å². The topological polar surface area (TPSA) is 30.5 Å². The maximum absolute atomic E-state index is 12.1. The molecule has 0 amide bonds. The zero-order chi connectivity index (χ0) is 15.3. The van der Waals surface area contributed by atoms with Crippen LogP contribution in [0.15, 0.2) is 0 Å². The minimum atomic E-state index is -4.24. The minimum absolute atomic E-state index is 0.00185. The number of rotatable bonds is 6. The van der Waals surface area contributed by atoms with Crippen molar-refractivity contribution < 1.29 is 22.6 Å². The maximum atomic E-state index is 12.1. The van der Waals surface area contributed by atoms with Crippen molar-refractivity contribution >= 4 is 0 Å². The lowest BCUT2D eigenvalue weighted by molar-refractivity contribution is -0.176. The number of alkyl halides is 3. The van der Waals surface area contributed by atoms with Crippen LogP contribution < -0.4 is 5.32 Å². The van der Waals surface area contributed by atoms with E-state index >= 15 is 0 Å². The molecule has 6 heteroatoms. The summed E-state index contributed by atoms with van der Waals surface area (Å²) in [7, 11) is 0. The Labute approximate surface area is 119 Å². The van der Waals surface area contributed by atoms with Gasteiger partial charge in [-0.3, -0.25) is 0 Å². The average molecular weight is 297 g/mol. The average Bonchev–Trinajstić information content (AvgIpc) is 2.32. The van der Waals surface area contributed by atoms with Gasteiger partial charge >= 0.3 is 6.18 Å². The first-order valence-electron chi connectivity index (χ1n) is 7.09. The number of halogens is 3. The van der Waals surface area contributed by atoms with E-state index in [9.17, 15) is 13.2 Å². The lowest BCUT2D eigenvalue weighted by Gasteiger charge is -2.39.